The van der Waals surface area contributed by atoms with E-state index in [-0.39, 0.29) is 17.6 Å². The lowest BCUT2D eigenvalue weighted by Crippen LogP contribution is -2.49. The van der Waals surface area contributed by atoms with Crippen molar-refractivity contribution in [1.82, 2.24) is 14.9 Å². The van der Waals surface area contributed by atoms with Crippen molar-refractivity contribution in [2.45, 2.75) is 19.8 Å². The maximum absolute atomic E-state index is 15.6. The summed E-state index contributed by atoms with van der Waals surface area (Å²) in [5.74, 6) is 0.970. The predicted molar refractivity (Wildman–Crippen MR) is 143 cm³/mol. The van der Waals surface area contributed by atoms with Crippen molar-refractivity contribution < 1.29 is 23.0 Å². The number of benzene rings is 2. The molecule has 0 saturated carbocycles. The minimum absolute atomic E-state index is 0.0544. The molecular weight excluding hydrogens is 490 g/mol. The van der Waals surface area contributed by atoms with Gasteiger partial charge in [0.1, 0.15) is 11.4 Å². The van der Waals surface area contributed by atoms with Crippen LogP contribution in [0.3, 0.4) is 0 Å². The molecular formula is C29H30F2N4O3. The summed E-state index contributed by atoms with van der Waals surface area (Å²) in [4.78, 5) is 24.6. The zero-order valence-corrected chi connectivity index (χ0v) is 21.6. The van der Waals surface area contributed by atoms with Gasteiger partial charge in [0.05, 0.1) is 12.6 Å². The molecule has 2 aromatic heterocycles. The lowest BCUT2D eigenvalue weighted by atomic mass is 9.93. The number of carbonyl (C=O) groups is 1. The van der Waals surface area contributed by atoms with Crippen LogP contribution in [0.1, 0.15) is 35.8 Å². The second kappa shape index (κ2) is 10.7. The van der Waals surface area contributed by atoms with Crippen LogP contribution in [0.4, 0.5) is 14.6 Å². The van der Waals surface area contributed by atoms with Crippen LogP contribution in [-0.4, -0.2) is 60.9 Å². The Hall–Kier alpha value is -4.14. The second-order valence-corrected chi connectivity index (χ2v) is 9.51. The standard InChI is InChI=1S/C29H30F2N4O3/c1-18(2)20-15-21(19-7-4-5-8-24(19)37-3)22-16-23(33-27(22)26(20)31)29(36)35-13-11-34(12-14-35)28-25(38-17-30)9-6-10-32-28/h4-10,15-16,18,33H,11-14,17H2,1-3H3. The zero-order valence-electron chi connectivity index (χ0n) is 21.6. The minimum Gasteiger partial charge on any atom is -0.496 e. The fraction of sp³-hybridized carbons (Fsp3) is 0.310. The van der Waals surface area contributed by atoms with Gasteiger partial charge in [0.15, 0.2) is 17.4 Å². The fourth-order valence-corrected chi connectivity index (χ4v) is 4.99. The monoisotopic (exact) mass is 520 g/mol. The summed E-state index contributed by atoms with van der Waals surface area (Å²) < 4.78 is 39.1. The number of halogens is 2. The van der Waals surface area contributed by atoms with Gasteiger partial charge < -0.3 is 24.3 Å². The number of ether oxygens (including phenoxy) is 2. The molecule has 1 fully saturated rings. The first kappa shape index (κ1) is 25.5. The number of nitrogens with zero attached hydrogens (tertiary/aromatic N) is 3. The topological polar surface area (TPSA) is 70.7 Å². The van der Waals surface area contributed by atoms with Gasteiger partial charge in [0.2, 0.25) is 6.86 Å². The molecule has 0 atom stereocenters. The Morgan fingerprint density at radius 2 is 1.79 bits per heavy atom. The number of pyridine rings is 1. The number of fused-ring (bicyclic) bond motifs is 1. The number of methoxy groups -OCH3 is 1. The van der Waals surface area contributed by atoms with Gasteiger partial charge in [0.25, 0.3) is 5.91 Å². The fourth-order valence-electron chi connectivity index (χ4n) is 4.99. The number of hydrogen-bond donors (Lipinski definition) is 1. The predicted octanol–water partition coefficient (Wildman–Crippen LogP) is 5.77. The first-order valence-electron chi connectivity index (χ1n) is 12.6. The normalized spacial score (nSPS) is 13.8. The lowest BCUT2D eigenvalue weighted by Gasteiger charge is -2.35. The number of hydrogen-bond acceptors (Lipinski definition) is 5. The van der Waals surface area contributed by atoms with Crippen molar-refractivity contribution in [3.63, 3.8) is 0 Å². The highest BCUT2D eigenvalue weighted by Gasteiger charge is 2.27. The molecule has 0 bridgehead atoms. The van der Waals surface area contributed by atoms with Gasteiger partial charge in [-0.1, -0.05) is 32.0 Å². The van der Waals surface area contributed by atoms with Gasteiger partial charge in [-0.2, -0.15) is 0 Å². The number of amides is 1. The van der Waals surface area contributed by atoms with Crippen LogP contribution in [0.25, 0.3) is 22.0 Å². The Morgan fingerprint density at radius 1 is 1.05 bits per heavy atom. The van der Waals surface area contributed by atoms with Gasteiger partial charge in [-0.05, 0) is 47.4 Å². The van der Waals surface area contributed by atoms with Crippen molar-refractivity contribution in [3.05, 3.63) is 71.8 Å². The largest absolute Gasteiger partial charge is 0.496 e. The average Bonchev–Trinajstić information content (AvgIpc) is 3.40. The van der Waals surface area contributed by atoms with Crippen LogP contribution in [0.15, 0.2) is 54.7 Å². The molecule has 4 aromatic rings. The number of nitrogens with one attached hydrogen (secondary N) is 1. The van der Waals surface area contributed by atoms with E-state index in [1.54, 1.807) is 36.4 Å². The lowest BCUT2D eigenvalue weighted by molar-refractivity contribution is 0.0741. The van der Waals surface area contributed by atoms with Crippen LogP contribution in [0, 0.1) is 5.82 Å². The third-order valence-corrected chi connectivity index (χ3v) is 6.96. The average molecular weight is 521 g/mol. The summed E-state index contributed by atoms with van der Waals surface area (Å²) in [7, 11) is 1.60. The summed E-state index contributed by atoms with van der Waals surface area (Å²) in [6, 6.07) is 14.5. The molecule has 0 unspecified atom stereocenters. The van der Waals surface area contributed by atoms with Crippen molar-refractivity contribution in [2.75, 3.05) is 45.0 Å². The second-order valence-electron chi connectivity index (χ2n) is 9.51. The molecule has 7 nitrogen and oxygen atoms in total. The highest BCUT2D eigenvalue weighted by molar-refractivity contribution is 6.04. The molecule has 0 radical (unpaired) electrons. The van der Waals surface area contributed by atoms with Crippen molar-refractivity contribution in [2.24, 2.45) is 0 Å². The summed E-state index contributed by atoms with van der Waals surface area (Å²) in [6.45, 7) is 4.81. The molecule has 3 heterocycles. The summed E-state index contributed by atoms with van der Waals surface area (Å²) in [6.07, 6.45) is 1.63. The summed E-state index contributed by atoms with van der Waals surface area (Å²) in [5, 5.41) is 0.625. The number of H-pyrrole nitrogens is 1. The molecule has 2 aromatic carbocycles. The van der Waals surface area contributed by atoms with E-state index in [2.05, 4.69) is 9.97 Å². The Bertz CT molecular complexity index is 1460. The Balaban J connectivity index is 1.46. The van der Waals surface area contributed by atoms with E-state index in [1.165, 1.54) is 0 Å². The van der Waals surface area contributed by atoms with Crippen LogP contribution >= 0.6 is 0 Å². The first-order chi connectivity index (χ1) is 18.4. The number of alkyl halides is 1. The molecule has 1 aliphatic heterocycles. The van der Waals surface area contributed by atoms with Gasteiger partial charge in [0, 0.05) is 43.3 Å². The van der Waals surface area contributed by atoms with E-state index in [9.17, 15) is 9.18 Å². The Kier molecular flexibility index (Phi) is 7.18. The number of aromatic nitrogens is 2. The van der Waals surface area contributed by atoms with E-state index in [1.807, 2.05) is 49.1 Å². The summed E-state index contributed by atoms with van der Waals surface area (Å²) >= 11 is 0. The van der Waals surface area contributed by atoms with E-state index in [0.29, 0.717) is 65.7 Å². The molecule has 198 valence electrons. The molecule has 9 heteroatoms. The van der Waals surface area contributed by atoms with Crippen LogP contribution in [-0.2, 0) is 0 Å². The van der Waals surface area contributed by atoms with Gasteiger partial charge in [-0.25, -0.2) is 13.8 Å². The molecule has 1 aliphatic rings. The number of rotatable bonds is 7. The highest BCUT2D eigenvalue weighted by Crippen LogP contribution is 2.39. The molecule has 5 rings (SSSR count). The maximum atomic E-state index is 15.6. The molecule has 1 N–H and O–H groups in total. The summed E-state index contributed by atoms with van der Waals surface area (Å²) in [5.41, 5.74) is 2.83. The first-order valence-corrected chi connectivity index (χ1v) is 12.6. The van der Waals surface area contributed by atoms with Gasteiger partial charge >= 0.3 is 0 Å². The molecule has 38 heavy (non-hydrogen) atoms. The van der Waals surface area contributed by atoms with Crippen molar-refractivity contribution >= 4 is 22.6 Å². The third kappa shape index (κ3) is 4.64. The quantitative estimate of drug-likeness (QED) is 0.335. The van der Waals surface area contributed by atoms with Crippen molar-refractivity contribution in [3.8, 4) is 22.6 Å². The van der Waals surface area contributed by atoms with E-state index >= 15 is 4.39 Å². The Morgan fingerprint density at radius 3 is 2.50 bits per heavy atom. The smallest absolute Gasteiger partial charge is 0.270 e. The van der Waals surface area contributed by atoms with Crippen LogP contribution in [0.2, 0.25) is 0 Å². The maximum Gasteiger partial charge on any atom is 0.270 e. The SMILES string of the molecule is COc1ccccc1-c1cc(C(C)C)c(F)c2[nH]c(C(=O)N3CCN(c4ncccc4OCF)CC3)cc12. The molecule has 0 spiro atoms. The highest BCUT2D eigenvalue weighted by atomic mass is 19.1. The number of para-hydroxylation sites is 1. The van der Waals surface area contributed by atoms with Crippen LogP contribution in [0.5, 0.6) is 11.5 Å². The number of piperazine rings is 1. The van der Waals surface area contributed by atoms with E-state index in [0.717, 1.165) is 11.1 Å². The zero-order chi connectivity index (χ0) is 26.8. The van der Waals surface area contributed by atoms with Gasteiger partial charge in [-0.15, -0.1) is 0 Å². The Labute approximate surface area is 220 Å². The van der Waals surface area contributed by atoms with E-state index in [4.69, 9.17) is 9.47 Å². The van der Waals surface area contributed by atoms with E-state index < -0.39 is 6.86 Å². The molecule has 0 aliphatic carbocycles. The number of carbonyl (C=O) groups excluding carboxylic acids is 1. The minimum atomic E-state index is -0.941. The van der Waals surface area contributed by atoms with Gasteiger partial charge in [-0.3, -0.25) is 4.79 Å². The third-order valence-electron chi connectivity index (χ3n) is 6.96. The number of aromatic amines is 1. The van der Waals surface area contributed by atoms with Crippen molar-refractivity contribution in [1.29, 1.82) is 0 Å². The molecule has 1 saturated heterocycles. The van der Waals surface area contributed by atoms with Crippen LogP contribution < -0.4 is 14.4 Å². The molecule has 1 amide bonds. The number of anilines is 1.